The van der Waals surface area contributed by atoms with Gasteiger partial charge in [0, 0.05) is 21.9 Å². The first-order valence-corrected chi connectivity index (χ1v) is 16.9. The Hall–Kier alpha value is -3.48. The molecule has 0 N–H and O–H groups in total. The van der Waals surface area contributed by atoms with Crippen LogP contribution in [-0.2, 0) is 20.9 Å². The maximum atomic E-state index is 13.1. The highest BCUT2D eigenvalue weighted by atomic mass is 35.5. The first-order chi connectivity index (χ1) is 21.5. The Morgan fingerprint density at radius 3 is 2.45 bits per heavy atom. The number of benzene rings is 3. The van der Waals surface area contributed by atoms with Crippen LogP contribution >= 0.6 is 35.1 Å². The van der Waals surface area contributed by atoms with E-state index in [1.165, 1.54) is 11.8 Å². The molecule has 1 aromatic heterocycles. The Kier molecular flexibility index (Phi) is 13.5. The van der Waals surface area contributed by atoms with Crippen LogP contribution in [0.5, 0.6) is 5.75 Å². The van der Waals surface area contributed by atoms with E-state index in [1.807, 2.05) is 84.9 Å². The van der Waals surface area contributed by atoms with Gasteiger partial charge in [0.25, 0.3) is 0 Å². The summed E-state index contributed by atoms with van der Waals surface area (Å²) in [5.74, 6) is 2.00. The number of nitrogens with zero attached hydrogens (tertiary/aromatic N) is 2. The van der Waals surface area contributed by atoms with Gasteiger partial charge in [0.15, 0.2) is 0 Å². The van der Waals surface area contributed by atoms with E-state index in [0.717, 1.165) is 46.6 Å². The SMILES string of the molecule is CCCCSCC(COCc1ccc(Cl)cc1)OC(=O)CSc1nc(-c2ccc(OC)cc2)cc(-c2ccccc2)c1C#N. The summed E-state index contributed by atoms with van der Waals surface area (Å²) in [6, 6.07) is 29.0. The number of ether oxygens (including phenoxy) is 3. The van der Waals surface area contributed by atoms with Gasteiger partial charge >= 0.3 is 5.97 Å². The lowest BCUT2D eigenvalue weighted by molar-refractivity contribution is -0.147. The number of halogens is 1. The smallest absolute Gasteiger partial charge is 0.316 e. The molecule has 44 heavy (non-hydrogen) atoms. The van der Waals surface area contributed by atoms with E-state index in [1.54, 1.807) is 18.9 Å². The number of thioether (sulfide) groups is 2. The molecular weight excluding hydrogens is 612 g/mol. The van der Waals surface area contributed by atoms with Crippen molar-refractivity contribution in [1.29, 1.82) is 5.26 Å². The van der Waals surface area contributed by atoms with Crippen LogP contribution in [0.4, 0.5) is 0 Å². The van der Waals surface area contributed by atoms with Crippen LogP contribution in [0.1, 0.15) is 30.9 Å². The maximum absolute atomic E-state index is 13.1. The second-order valence-corrected chi connectivity index (χ2v) is 12.5. The number of carbonyl (C=O) groups is 1. The van der Waals surface area contributed by atoms with Crippen molar-refractivity contribution in [2.45, 2.75) is 37.5 Å². The number of pyridine rings is 1. The van der Waals surface area contributed by atoms with Gasteiger partial charge in [0.1, 0.15) is 22.9 Å². The quantitative estimate of drug-likeness (QED) is 0.0679. The fraction of sp³-hybridized carbons (Fsp3) is 0.286. The van der Waals surface area contributed by atoms with E-state index < -0.39 is 6.10 Å². The van der Waals surface area contributed by atoms with Crippen molar-refractivity contribution in [3.05, 3.63) is 101 Å². The largest absolute Gasteiger partial charge is 0.497 e. The minimum atomic E-state index is -0.397. The average molecular weight is 647 g/mol. The summed E-state index contributed by atoms with van der Waals surface area (Å²) in [5, 5.41) is 11.3. The number of hydrogen-bond acceptors (Lipinski definition) is 8. The van der Waals surface area contributed by atoms with Crippen molar-refractivity contribution in [3.63, 3.8) is 0 Å². The van der Waals surface area contributed by atoms with E-state index >= 15 is 0 Å². The summed E-state index contributed by atoms with van der Waals surface area (Å²) in [7, 11) is 1.62. The Morgan fingerprint density at radius 1 is 1.02 bits per heavy atom. The molecule has 0 aliphatic rings. The summed E-state index contributed by atoms with van der Waals surface area (Å²) >= 11 is 8.95. The van der Waals surface area contributed by atoms with E-state index in [9.17, 15) is 10.1 Å². The molecule has 4 aromatic rings. The van der Waals surface area contributed by atoms with E-state index in [0.29, 0.717) is 33.7 Å². The van der Waals surface area contributed by atoms with Gasteiger partial charge in [-0.05, 0) is 65.8 Å². The summed E-state index contributed by atoms with van der Waals surface area (Å²) in [6.45, 7) is 2.83. The molecule has 0 spiro atoms. The van der Waals surface area contributed by atoms with E-state index in [2.05, 4.69) is 13.0 Å². The molecule has 0 aliphatic heterocycles. The zero-order chi connectivity index (χ0) is 31.1. The third-order valence-corrected chi connectivity index (χ3v) is 9.01. The zero-order valence-electron chi connectivity index (χ0n) is 24.8. The molecule has 0 aliphatic carbocycles. The normalized spacial score (nSPS) is 11.5. The standard InChI is InChI=1S/C35H35ClN2O4S2/c1-3-4-18-43-23-30(22-41-21-25-10-14-28(36)15-11-25)42-34(39)24-44-35-32(20-37)31(26-8-6-5-7-9-26)19-33(38-35)27-12-16-29(40-2)17-13-27/h5-17,19,30H,3-4,18,21-24H2,1-2H3. The molecule has 0 bridgehead atoms. The van der Waals surface area contributed by atoms with Crippen molar-refractivity contribution >= 4 is 41.1 Å². The third kappa shape index (κ3) is 10.0. The van der Waals surface area contributed by atoms with Crippen LogP contribution in [0.3, 0.4) is 0 Å². The lowest BCUT2D eigenvalue weighted by atomic mass is 9.99. The monoisotopic (exact) mass is 646 g/mol. The highest BCUT2D eigenvalue weighted by molar-refractivity contribution is 8.00. The van der Waals surface area contributed by atoms with Gasteiger partial charge in [-0.1, -0.05) is 79.2 Å². The zero-order valence-corrected chi connectivity index (χ0v) is 27.2. The highest BCUT2D eigenvalue weighted by Gasteiger charge is 2.20. The number of esters is 1. The minimum Gasteiger partial charge on any atom is -0.497 e. The molecule has 1 unspecified atom stereocenters. The molecular formula is C35H35ClN2O4S2. The third-order valence-electron chi connectivity index (χ3n) is 6.63. The van der Waals surface area contributed by atoms with Crippen LogP contribution < -0.4 is 4.74 Å². The Morgan fingerprint density at radius 2 is 1.77 bits per heavy atom. The highest BCUT2D eigenvalue weighted by Crippen LogP contribution is 2.34. The number of aromatic nitrogens is 1. The number of rotatable bonds is 16. The summed E-state index contributed by atoms with van der Waals surface area (Å²) in [6.07, 6.45) is 1.81. The molecule has 228 valence electrons. The van der Waals surface area contributed by atoms with Gasteiger partial charge in [-0.15, -0.1) is 0 Å². The van der Waals surface area contributed by atoms with Gasteiger partial charge in [-0.25, -0.2) is 4.98 Å². The minimum absolute atomic E-state index is 0.00921. The van der Waals surface area contributed by atoms with Crippen molar-refractivity contribution < 1.29 is 19.0 Å². The summed E-state index contributed by atoms with van der Waals surface area (Å²) in [4.78, 5) is 17.9. The van der Waals surface area contributed by atoms with Crippen LogP contribution in [0, 0.1) is 11.3 Å². The van der Waals surface area contributed by atoms with Gasteiger partial charge < -0.3 is 14.2 Å². The molecule has 9 heteroatoms. The number of hydrogen-bond donors (Lipinski definition) is 0. The number of carbonyl (C=O) groups excluding carboxylic acids is 1. The lowest BCUT2D eigenvalue weighted by Gasteiger charge is -2.18. The predicted octanol–water partition coefficient (Wildman–Crippen LogP) is 8.70. The number of nitriles is 1. The molecule has 3 aromatic carbocycles. The Labute approximate surface area is 273 Å². The molecule has 4 rings (SSSR count). The lowest BCUT2D eigenvalue weighted by Crippen LogP contribution is -2.27. The van der Waals surface area contributed by atoms with Gasteiger partial charge in [-0.2, -0.15) is 17.0 Å². The van der Waals surface area contributed by atoms with Crippen LogP contribution in [0.2, 0.25) is 5.02 Å². The molecule has 0 fully saturated rings. The molecule has 0 radical (unpaired) electrons. The Bertz CT molecular complexity index is 1530. The van der Waals surface area contributed by atoms with E-state index in [4.69, 9.17) is 30.8 Å². The average Bonchev–Trinajstić information content (AvgIpc) is 3.06. The first kappa shape index (κ1) is 33.4. The van der Waals surface area contributed by atoms with Gasteiger partial charge in [0.05, 0.1) is 37.3 Å². The summed E-state index contributed by atoms with van der Waals surface area (Å²) < 4.78 is 17.1. The number of unbranched alkanes of at least 4 members (excludes halogenated alkanes) is 1. The number of methoxy groups -OCH3 is 1. The Balaban J connectivity index is 1.49. The fourth-order valence-electron chi connectivity index (χ4n) is 4.30. The second kappa shape index (κ2) is 17.7. The van der Waals surface area contributed by atoms with Crippen molar-refractivity contribution in [2.24, 2.45) is 0 Å². The van der Waals surface area contributed by atoms with Crippen LogP contribution in [0.15, 0.2) is 90.0 Å². The van der Waals surface area contributed by atoms with Gasteiger partial charge in [-0.3, -0.25) is 4.79 Å². The van der Waals surface area contributed by atoms with Crippen LogP contribution in [-0.4, -0.2) is 48.0 Å². The van der Waals surface area contributed by atoms with Crippen molar-refractivity contribution in [1.82, 2.24) is 4.98 Å². The molecule has 1 heterocycles. The van der Waals surface area contributed by atoms with Gasteiger partial charge in [0.2, 0.25) is 0 Å². The fourth-order valence-corrected chi connectivity index (χ4v) is 6.30. The predicted molar refractivity (Wildman–Crippen MR) is 180 cm³/mol. The molecule has 6 nitrogen and oxygen atoms in total. The first-order valence-electron chi connectivity index (χ1n) is 14.4. The molecule has 1 atom stereocenters. The topological polar surface area (TPSA) is 81.4 Å². The molecule has 0 amide bonds. The summed E-state index contributed by atoms with van der Waals surface area (Å²) in [5.41, 5.74) is 4.64. The molecule has 0 saturated carbocycles. The maximum Gasteiger partial charge on any atom is 0.316 e. The van der Waals surface area contributed by atoms with Crippen molar-refractivity contribution in [2.75, 3.05) is 31.0 Å². The van der Waals surface area contributed by atoms with E-state index in [-0.39, 0.29) is 18.3 Å². The van der Waals surface area contributed by atoms with Crippen molar-refractivity contribution in [3.8, 4) is 34.2 Å². The van der Waals surface area contributed by atoms with Crippen LogP contribution in [0.25, 0.3) is 22.4 Å². The second-order valence-electron chi connectivity index (χ2n) is 9.91. The molecule has 0 saturated heterocycles.